The van der Waals surface area contributed by atoms with Crippen LogP contribution in [0.1, 0.15) is 102 Å². The van der Waals surface area contributed by atoms with Gasteiger partial charge in [-0.2, -0.15) is 4.08 Å². The summed E-state index contributed by atoms with van der Waals surface area (Å²) in [5.41, 5.74) is 2.05. The number of benzene rings is 1. The van der Waals surface area contributed by atoms with Crippen LogP contribution in [0.5, 0.6) is 0 Å². The van der Waals surface area contributed by atoms with E-state index in [4.69, 9.17) is 11.9 Å². The molecule has 1 aromatic rings. The predicted octanol–water partition coefficient (Wildman–Crippen LogP) is 8.18. The first kappa shape index (κ1) is 24.7. The highest BCUT2D eigenvalue weighted by molar-refractivity contribution is 7.52. The van der Waals surface area contributed by atoms with Gasteiger partial charge in [-0.25, -0.2) is 0 Å². The molecule has 27 heavy (non-hydrogen) atoms. The second kappa shape index (κ2) is 15.6. The topological polar surface area (TPSA) is 46.5 Å². The minimum Gasteiger partial charge on any atom is -0.323 e. The van der Waals surface area contributed by atoms with Gasteiger partial charge in [0.15, 0.2) is 0 Å². The molecule has 156 valence electrons. The van der Waals surface area contributed by atoms with E-state index in [9.17, 15) is 9.46 Å². The maximum atomic E-state index is 11.4. The molecule has 5 heteroatoms. The summed E-state index contributed by atoms with van der Waals surface area (Å²) in [6.07, 6.45) is 18.8. The average Bonchev–Trinajstić information content (AvgIpc) is 2.66. The number of hydrogen-bond donors (Lipinski definition) is 1. The Hall–Kier alpha value is -0.340. The monoisotopic (exact) mass is 416 g/mol. The molecule has 0 heterocycles. The van der Waals surface area contributed by atoms with Crippen molar-refractivity contribution in [3.05, 3.63) is 35.4 Å². The van der Waals surface area contributed by atoms with Gasteiger partial charge in [-0.3, -0.25) is 4.57 Å². The van der Waals surface area contributed by atoms with E-state index in [1.165, 1.54) is 89.0 Å². The van der Waals surface area contributed by atoms with Crippen molar-refractivity contribution in [2.75, 3.05) is 0 Å². The summed E-state index contributed by atoms with van der Waals surface area (Å²) in [5, 5.41) is 0. The van der Waals surface area contributed by atoms with E-state index in [0.717, 1.165) is 12.0 Å². The van der Waals surface area contributed by atoms with Gasteiger partial charge < -0.3 is 4.89 Å². The molecule has 0 spiro atoms. The standard InChI is InChI=1S/C22H38ClO3P/c1-2-3-4-5-6-7-8-9-10-11-12-13-14-15-21-16-18-22(19-17-21)20-27(24,25)26-23/h16-19H,2-15,20H2,1H3,(H,24,25). The number of aryl methyl sites for hydroxylation is 1. The largest absolute Gasteiger partial charge is 0.348 e. The van der Waals surface area contributed by atoms with E-state index in [-0.39, 0.29) is 6.16 Å². The van der Waals surface area contributed by atoms with E-state index in [1.807, 2.05) is 24.3 Å². The molecule has 0 bridgehead atoms. The highest BCUT2D eigenvalue weighted by Crippen LogP contribution is 2.46. The highest BCUT2D eigenvalue weighted by Gasteiger charge is 2.19. The molecule has 1 aromatic carbocycles. The van der Waals surface area contributed by atoms with Crippen molar-refractivity contribution in [2.24, 2.45) is 0 Å². The number of halogens is 1. The molecule has 0 saturated carbocycles. The molecule has 0 fully saturated rings. The van der Waals surface area contributed by atoms with Gasteiger partial charge in [0, 0.05) is 0 Å². The van der Waals surface area contributed by atoms with E-state index in [1.54, 1.807) is 0 Å². The van der Waals surface area contributed by atoms with E-state index in [2.05, 4.69) is 11.0 Å². The smallest absolute Gasteiger partial charge is 0.323 e. The highest BCUT2D eigenvalue weighted by atomic mass is 35.5. The minimum atomic E-state index is -3.70. The molecule has 3 nitrogen and oxygen atoms in total. The van der Waals surface area contributed by atoms with Crippen LogP contribution >= 0.6 is 19.5 Å². The van der Waals surface area contributed by atoms with Crippen LogP contribution in [0.15, 0.2) is 24.3 Å². The fraction of sp³-hybridized carbons (Fsp3) is 0.727. The molecular formula is C22H38ClO3P. The lowest BCUT2D eigenvalue weighted by Gasteiger charge is -2.07. The Morgan fingerprint density at radius 2 is 1.19 bits per heavy atom. The Kier molecular flexibility index (Phi) is 14.2. The third-order valence-electron chi connectivity index (χ3n) is 5.08. The summed E-state index contributed by atoms with van der Waals surface area (Å²) < 4.78 is 15.6. The summed E-state index contributed by atoms with van der Waals surface area (Å²) in [4.78, 5) is 9.38. The molecule has 0 saturated heterocycles. The number of rotatable bonds is 17. The van der Waals surface area contributed by atoms with Crippen molar-refractivity contribution in [2.45, 2.75) is 103 Å². The third kappa shape index (κ3) is 13.5. The first-order valence-electron chi connectivity index (χ1n) is 10.8. The Balaban J connectivity index is 1.97. The van der Waals surface area contributed by atoms with Crippen LogP contribution in [-0.2, 0) is 21.2 Å². The number of hydrogen-bond acceptors (Lipinski definition) is 2. The van der Waals surface area contributed by atoms with Crippen LogP contribution in [0, 0.1) is 0 Å². The molecule has 0 aromatic heterocycles. The van der Waals surface area contributed by atoms with Crippen molar-refractivity contribution < 1.29 is 13.5 Å². The lowest BCUT2D eigenvalue weighted by Crippen LogP contribution is -1.90. The van der Waals surface area contributed by atoms with Crippen LogP contribution in [0.2, 0.25) is 0 Å². The fourth-order valence-electron chi connectivity index (χ4n) is 3.41. The molecule has 0 amide bonds. The van der Waals surface area contributed by atoms with Gasteiger partial charge in [0.05, 0.1) is 18.0 Å². The van der Waals surface area contributed by atoms with E-state index >= 15 is 0 Å². The summed E-state index contributed by atoms with van der Waals surface area (Å²) in [6.45, 7) is 2.27. The van der Waals surface area contributed by atoms with Crippen molar-refractivity contribution in [1.29, 1.82) is 0 Å². The van der Waals surface area contributed by atoms with Crippen molar-refractivity contribution >= 4 is 19.5 Å². The summed E-state index contributed by atoms with van der Waals surface area (Å²) in [6, 6.07) is 7.83. The van der Waals surface area contributed by atoms with Gasteiger partial charge in [0.1, 0.15) is 0 Å². The first-order chi connectivity index (χ1) is 13.1. The maximum Gasteiger partial charge on any atom is 0.348 e. The van der Waals surface area contributed by atoms with Gasteiger partial charge in [-0.15, -0.1) is 0 Å². The normalized spacial score (nSPS) is 13.6. The van der Waals surface area contributed by atoms with Crippen molar-refractivity contribution in [3.63, 3.8) is 0 Å². The molecule has 1 atom stereocenters. The van der Waals surface area contributed by atoms with Gasteiger partial charge in [-0.1, -0.05) is 108 Å². The van der Waals surface area contributed by atoms with Gasteiger partial charge in [0.2, 0.25) is 0 Å². The predicted molar refractivity (Wildman–Crippen MR) is 116 cm³/mol. The molecule has 1 rings (SSSR count). The van der Waals surface area contributed by atoms with Crippen LogP contribution < -0.4 is 0 Å². The Morgan fingerprint density at radius 3 is 1.63 bits per heavy atom. The van der Waals surface area contributed by atoms with Crippen LogP contribution in [0.25, 0.3) is 0 Å². The Labute approximate surface area is 171 Å². The quantitative estimate of drug-likeness (QED) is 0.205. The lowest BCUT2D eigenvalue weighted by atomic mass is 10.0. The second-order valence-electron chi connectivity index (χ2n) is 7.67. The second-order valence-corrected chi connectivity index (χ2v) is 9.82. The molecule has 0 aliphatic carbocycles. The van der Waals surface area contributed by atoms with E-state index < -0.39 is 7.60 Å². The molecule has 0 radical (unpaired) electrons. The molecule has 0 aliphatic heterocycles. The zero-order valence-electron chi connectivity index (χ0n) is 17.0. The number of unbranched alkanes of at least 4 members (excludes halogenated alkanes) is 12. The summed E-state index contributed by atoms with van der Waals surface area (Å²) >= 11 is 5.03. The van der Waals surface area contributed by atoms with Crippen LogP contribution in [-0.4, -0.2) is 4.89 Å². The zero-order valence-corrected chi connectivity index (χ0v) is 18.7. The first-order valence-corrected chi connectivity index (χ1v) is 12.8. The fourth-order valence-corrected chi connectivity index (χ4v) is 4.28. The zero-order chi connectivity index (χ0) is 19.8. The molecular weight excluding hydrogens is 379 g/mol. The van der Waals surface area contributed by atoms with Gasteiger partial charge in [-0.05, 0) is 24.0 Å². The SMILES string of the molecule is CCCCCCCCCCCCCCCc1ccc(CP(=O)(O)OCl)cc1. The molecule has 0 aliphatic rings. The lowest BCUT2D eigenvalue weighted by molar-refractivity contribution is 0.392. The maximum absolute atomic E-state index is 11.4. The van der Waals surface area contributed by atoms with Crippen LogP contribution in [0.4, 0.5) is 0 Å². The Morgan fingerprint density at radius 1 is 0.778 bits per heavy atom. The van der Waals surface area contributed by atoms with Gasteiger partial charge in [0.25, 0.3) is 0 Å². The molecule has 1 N–H and O–H groups in total. The van der Waals surface area contributed by atoms with Crippen molar-refractivity contribution in [1.82, 2.24) is 0 Å². The third-order valence-corrected chi connectivity index (χ3v) is 6.71. The summed E-state index contributed by atoms with van der Waals surface area (Å²) in [5.74, 6) is 0. The van der Waals surface area contributed by atoms with E-state index in [0.29, 0.717) is 0 Å². The Bertz CT molecular complexity index is 519. The minimum absolute atomic E-state index is 0.0461. The average molecular weight is 417 g/mol. The van der Waals surface area contributed by atoms with Crippen LogP contribution in [0.3, 0.4) is 0 Å². The summed E-state index contributed by atoms with van der Waals surface area (Å²) in [7, 11) is -3.70. The molecule has 1 unspecified atom stereocenters. The van der Waals surface area contributed by atoms with Crippen molar-refractivity contribution in [3.8, 4) is 0 Å². The van der Waals surface area contributed by atoms with Gasteiger partial charge >= 0.3 is 7.60 Å².